The van der Waals surface area contributed by atoms with E-state index in [0.29, 0.717) is 24.2 Å². The molecule has 3 rings (SSSR count). The van der Waals surface area contributed by atoms with Gasteiger partial charge in [0, 0.05) is 18.4 Å². The van der Waals surface area contributed by atoms with Crippen LogP contribution >= 0.6 is 11.6 Å². The summed E-state index contributed by atoms with van der Waals surface area (Å²) < 4.78 is 7.38. The second-order valence-electron chi connectivity index (χ2n) is 4.82. The second kappa shape index (κ2) is 5.89. The Morgan fingerprint density at radius 1 is 1.30 bits per heavy atom. The van der Waals surface area contributed by atoms with Gasteiger partial charge in [-0.15, -0.1) is 0 Å². The highest BCUT2D eigenvalue weighted by Gasteiger charge is 2.17. The molecule has 0 aromatic carbocycles. The number of halogens is 1. The van der Waals surface area contributed by atoms with Gasteiger partial charge >= 0.3 is 0 Å². The van der Waals surface area contributed by atoms with Crippen LogP contribution in [0, 0.1) is 0 Å². The van der Waals surface area contributed by atoms with Gasteiger partial charge in [0.2, 0.25) is 0 Å². The van der Waals surface area contributed by atoms with Crippen LogP contribution in [0.4, 0.5) is 0 Å². The summed E-state index contributed by atoms with van der Waals surface area (Å²) in [6.07, 6.45) is 6.33. The molecule has 0 radical (unpaired) electrons. The molecule has 0 unspecified atom stereocenters. The quantitative estimate of drug-likeness (QED) is 0.813. The third-order valence-corrected chi connectivity index (χ3v) is 3.63. The third kappa shape index (κ3) is 2.69. The molecule has 2 aromatic rings. The Bertz CT molecular complexity index is 611. The Hall–Kier alpha value is -1.46. The zero-order chi connectivity index (χ0) is 13.9. The van der Waals surface area contributed by atoms with Gasteiger partial charge in [-0.3, -0.25) is 4.57 Å². The van der Waals surface area contributed by atoms with E-state index in [0.717, 1.165) is 18.7 Å². The average molecular weight is 293 g/mol. The van der Waals surface area contributed by atoms with Crippen molar-refractivity contribution in [3.05, 3.63) is 34.8 Å². The van der Waals surface area contributed by atoms with Crippen LogP contribution in [0.25, 0.3) is 5.82 Å². The van der Waals surface area contributed by atoms with E-state index >= 15 is 0 Å². The SMILES string of the molecule is CCOCc1nc(Cl)cc(-n2cnc3c2CCCC3)n1. The minimum atomic E-state index is 0.376. The van der Waals surface area contributed by atoms with E-state index in [1.54, 1.807) is 6.07 Å². The lowest BCUT2D eigenvalue weighted by Crippen LogP contribution is -2.10. The largest absolute Gasteiger partial charge is 0.374 e. The van der Waals surface area contributed by atoms with Crippen LogP contribution < -0.4 is 0 Å². The van der Waals surface area contributed by atoms with Crippen molar-refractivity contribution in [1.29, 1.82) is 0 Å². The fourth-order valence-electron chi connectivity index (χ4n) is 2.50. The summed E-state index contributed by atoms with van der Waals surface area (Å²) in [7, 11) is 0. The Labute approximate surface area is 123 Å². The summed E-state index contributed by atoms with van der Waals surface area (Å²) in [4.78, 5) is 13.2. The molecule has 0 aliphatic heterocycles. The van der Waals surface area contributed by atoms with Crippen molar-refractivity contribution in [2.75, 3.05) is 6.61 Å². The van der Waals surface area contributed by atoms with Gasteiger partial charge in [-0.25, -0.2) is 15.0 Å². The maximum absolute atomic E-state index is 6.09. The van der Waals surface area contributed by atoms with Crippen molar-refractivity contribution in [2.24, 2.45) is 0 Å². The van der Waals surface area contributed by atoms with Crippen LogP contribution in [0.2, 0.25) is 5.15 Å². The van der Waals surface area contributed by atoms with E-state index in [-0.39, 0.29) is 0 Å². The zero-order valence-corrected chi connectivity index (χ0v) is 12.2. The van der Waals surface area contributed by atoms with Gasteiger partial charge in [-0.05, 0) is 32.6 Å². The smallest absolute Gasteiger partial charge is 0.158 e. The molecule has 0 amide bonds. The summed E-state index contributed by atoms with van der Waals surface area (Å²) in [5, 5.41) is 0.433. The van der Waals surface area contributed by atoms with Gasteiger partial charge < -0.3 is 4.74 Å². The molecule has 0 N–H and O–H groups in total. The number of hydrogen-bond donors (Lipinski definition) is 0. The van der Waals surface area contributed by atoms with E-state index in [1.807, 2.05) is 17.8 Å². The van der Waals surface area contributed by atoms with Crippen LogP contribution in [-0.2, 0) is 24.2 Å². The molecule has 0 saturated heterocycles. The van der Waals surface area contributed by atoms with Crippen molar-refractivity contribution < 1.29 is 4.74 Å². The summed E-state index contributed by atoms with van der Waals surface area (Å²) in [5.41, 5.74) is 2.42. The number of aryl methyl sites for hydroxylation is 1. The van der Waals surface area contributed by atoms with Crippen LogP contribution in [0.1, 0.15) is 37.0 Å². The Morgan fingerprint density at radius 2 is 2.15 bits per heavy atom. The van der Waals surface area contributed by atoms with Gasteiger partial charge in [0.15, 0.2) is 5.82 Å². The number of hydrogen-bond acceptors (Lipinski definition) is 4. The molecule has 0 bridgehead atoms. The highest BCUT2D eigenvalue weighted by molar-refractivity contribution is 6.29. The molecule has 2 heterocycles. The van der Waals surface area contributed by atoms with E-state index in [1.165, 1.54) is 24.2 Å². The highest BCUT2D eigenvalue weighted by atomic mass is 35.5. The highest BCUT2D eigenvalue weighted by Crippen LogP contribution is 2.23. The van der Waals surface area contributed by atoms with Crippen molar-refractivity contribution in [3.63, 3.8) is 0 Å². The molecule has 5 nitrogen and oxygen atoms in total. The van der Waals surface area contributed by atoms with Gasteiger partial charge in [-0.1, -0.05) is 11.6 Å². The number of aromatic nitrogens is 4. The average Bonchev–Trinajstić information content (AvgIpc) is 2.88. The van der Waals surface area contributed by atoms with Gasteiger partial charge in [-0.2, -0.15) is 0 Å². The monoisotopic (exact) mass is 292 g/mol. The number of ether oxygens (including phenoxy) is 1. The molecule has 1 aliphatic rings. The van der Waals surface area contributed by atoms with Crippen LogP contribution in [-0.4, -0.2) is 26.1 Å². The molecule has 0 saturated carbocycles. The Morgan fingerprint density at radius 3 is 3.00 bits per heavy atom. The van der Waals surface area contributed by atoms with E-state index in [4.69, 9.17) is 16.3 Å². The van der Waals surface area contributed by atoms with Gasteiger partial charge in [0.05, 0.1) is 5.69 Å². The fourth-order valence-corrected chi connectivity index (χ4v) is 2.69. The van der Waals surface area contributed by atoms with E-state index in [9.17, 15) is 0 Å². The molecular formula is C14H17ClN4O. The lowest BCUT2D eigenvalue weighted by atomic mass is 10.0. The first-order valence-corrected chi connectivity index (χ1v) is 7.32. The Balaban J connectivity index is 1.97. The first kappa shape index (κ1) is 13.5. The lowest BCUT2D eigenvalue weighted by molar-refractivity contribution is 0.128. The maximum Gasteiger partial charge on any atom is 0.158 e. The van der Waals surface area contributed by atoms with Crippen molar-refractivity contribution >= 4 is 11.6 Å². The molecule has 0 fully saturated rings. The summed E-state index contributed by atoms with van der Waals surface area (Å²) in [5.74, 6) is 1.38. The standard InChI is InChI=1S/C14H17ClN4O/c1-2-20-8-13-17-12(15)7-14(18-13)19-9-16-10-5-3-4-6-11(10)19/h7,9H,2-6,8H2,1H3. The fraction of sp³-hybridized carbons (Fsp3) is 0.500. The number of imidazole rings is 1. The summed E-state index contributed by atoms with van der Waals surface area (Å²) in [6, 6.07) is 1.77. The van der Waals surface area contributed by atoms with E-state index < -0.39 is 0 Å². The molecule has 20 heavy (non-hydrogen) atoms. The van der Waals surface area contributed by atoms with Crippen LogP contribution in [0.15, 0.2) is 12.4 Å². The molecule has 6 heteroatoms. The van der Waals surface area contributed by atoms with Crippen molar-refractivity contribution in [2.45, 2.75) is 39.2 Å². The number of rotatable bonds is 4. The van der Waals surface area contributed by atoms with Crippen molar-refractivity contribution in [3.8, 4) is 5.82 Å². The topological polar surface area (TPSA) is 52.8 Å². The normalized spacial score (nSPS) is 14.3. The second-order valence-corrected chi connectivity index (χ2v) is 5.20. The molecule has 2 aromatic heterocycles. The molecule has 1 aliphatic carbocycles. The summed E-state index contributed by atoms with van der Waals surface area (Å²) >= 11 is 6.09. The first-order valence-electron chi connectivity index (χ1n) is 6.94. The number of nitrogens with zero attached hydrogens (tertiary/aromatic N) is 4. The minimum absolute atomic E-state index is 0.376. The molecular weight excluding hydrogens is 276 g/mol. The predicted molar refractivity (Wildman–Crippen MR) is 76.1 cm³/mol. The lowest BCUT2D eigenvalue weighted by Gasteiger charge is -2.14. The van der Waals surface area contributed by atoms with E-state index in [2.05, 4.69) is 15.0 Å². The Kier molecular flexibility index (Phi) is 3.98. The predicted octanol–water partition coefficient (Wildman–Crippen LogP) is 2.73. The van der Waals surface area contributed by atoms with Crippen LogP contribution in [0.3, 0.4) is 0 Å². The maximum atomic E-state index is 6.09. The zero-order valence-electron chi connectivity index (χ0n) is 11.5. The molecule has 106 valence electrons. The van der Waals surface area contributed by atoms with Gasteiger partial charge in [0.25, 0.3) is 0 Å². The summed E-state index contributed by atoms with van der Waals surface area (Å²) in [6.45, 7) is 2.95. The molecule has 0 spiro atoms. The van der Waals surface area contributed by atoms with Gasteiger partial charge in [0.1, 0.15) is 23.9 Å². The first-order chi connectivity index (χ1) is 9.78. The van der Waals surface area contributed by atoms with Crippen LogP contribution in [0.5, 0.6) is 0 Å². The molecule has 0 atom stereocenters. The minimum Gasteiger partial charge on any atom is -0.374 e. The van der Waals surface area contributed by atoms with Crippen molar-refractivity contribution in [1.82, 2.24) is 19.5 Å². The third-order valence-electron chi connectivity index (χ3n) is 3.44. The number of fused-ring (bicyclic) bond motifs is 1.